The van der Waals surface area contributed by atoms with Crippen LogP contribution < -0.4 is 9.80 Å². The molecule has 0 aromatic heterocycles. The minimum atomic E-state index is -3.72. The quantitative estimate of drug-likeness (QED) is 0.723. The second-order valence-electron chi connectivity index (χ2n) is 8.03. The zero-order valence-electron chi connectivity index (χ0n) is 17.0. The maximum absolute atomic E-state index is 14.4. The van der Waals surface area contributed by atoms with Gasteiger partial charge < -0.3 is 14.5 Å². The smallest absolute Gasteiger partial charge is 0.250 e. The van der Waals surface area contributed by atoms with Crippen LogP contribution in [0.5, 0.6) is 0 Å². The second kappa shape index (κ2) is 7.89. The van der Waals surface area contributed by atoms with Crippen LogP contribution in [-0.4, -0.2) is 57.5 Å². The van der Waals surface area contributed by atoms with E-state index >= 15 is 0 Å². The fraction of sp³-hybridized carbons (Fsp3) is 0.409. The van der Waals surface area contributed by atoms with Crippen molar-refractivity contribution in [1.82, 2.24) is 4.31 Å². The van der Waals surface area contributed by atoms with Gasteiger partial charge in [0.1, 0.15) is 11.9 Å². The molecule has 1 atom stereocenters. The number of amides is 1. The van der Waals surface area contributed by atoms with Crippen LogP contribution in [0, 0.1) is 5.82 Å². The summed E-state index contributed by atoms with van der Waals surface area (Å²) < 4.78 is 47.4. The molecule has 7 nitrogen and oxygen atoms in total. The van der Waals surface area contributed by atoms with Crippen molar-refractivity contribution < 1.29 is 22.3 Å². The Bertz CT molecular complexity index is 1120. The molecule has 9 heteroatoms. The highest BCUT2D eigenvalue weighted by atomic mass is 32.2. The first-order valence-electron chi connectivity index (χ1n) is 10.5. The van der Waals surface area contributed by atoms with Gasteiger partial charge in [-0.3, -0.25) is 4.79 Å². The Kier molecular flexibility index (Phi) is 5.19. The fourth-order valence-electron chi connectivity index (χ4n) is 4.63. The molecule has 0 unspecified atom stereocenters. The van der Waals surface area contributed by atoms with E-state index in [0.717, 1.165) is 25.1 Å². The van der Waals surface area contributed by atoms with Crippen molar-refractivity contribution in [2.75, 3.05) is 42.6 Å². The summed E-state index contributed by atoms with van der Waals surface area (Å²) >= 11 is 0. The first-order valence-corrected chi connectivity index (χ1v) is 11.9. The highest BCUT2D eigenvalue weighted by molar-refractivity contribution is 7.89. The van der Waals surface area contributed by atoms with Gasteiger partial charge in [-0.2, -0.15) is 4.31 Å². The Morgan fingerprint density at radius 1 is 1.03 bits per heavy atom. The number of anilines is 2. The molecule has 164 valence electrons. The number of carbonyl (C=O) groups excluding carboxylic acids is 1. The van der Waals surface area contributed by atoms with Gasteiger partial charge in [0.05, 0.1) is 36.0 Å². The molecular weight excluding hydrogens is 421 g/mol. The minimum absolute atomic E-state index is 0.0594. The maximum Gasteiger partial charge on any atom is 0.250 e. The summed E-state index contributed by atoms with van der Waals surface area (Å²) in [6.07, 6.45) is 1.62. The third kappa shape index (κ3) is 3.50. The molecule has 2 saturated heterocycles. The summed E-state index contributed by atoms with van der Waals surface area (Å²) in [6, 6.07) is 11.0. The van der Waals surface area contributed by atoms with Gasteiger partial charge in [-0.25, -0.2) is 12.8 Å². The van der Waals surface area contributed by atoms with Crippen molar-refractivity contribution in [1.29, 1.82) is 0 Å². The highest BCUT2D eigenvalue weighted by Crippen LogP contribution is 2.42. The zero-order chi connectivity index (χ0) is 21.6. The maximum atomic E-state index is 14.4. The Hall–Kier alpha value is -2.49. The standard InChI is InChI=1S/C22H24FN3O4S/c23-18-5-2-1-4-16(18)15-26-21-14-17(31(28,29)24-10-12-30-13-11-24)7-8-19(21)25-9-3-6-20(25)22(26)27/h1-2,4-5,7-8,14,20H,3,6,9-13,15H2/t20-/m0/s1. The summed E-state index contributed by atoms with van der Waals surface area (Å²) in [5, 5.41) is 0. The van der Waals surface area contributed by atoms with Gasteiger partial charge in [0.2, 0.25) is 15.9 Å². The normalized spacial score (nSPS) is 21.8. The number of hydrogen-bond acceptors (Lipinski definition) is 5. The summed E-state index contributed by atoms with van der Waals surface area (Å²) in [6.45, 7) is 2.11. The van der Waals surface area contributed by atoms with Gasteiger partial charge in [0.25, 0.3) is 0 Å². The Balaban J connectivity index is 1.58. The number of sulfonamides is 1. The Morgan fingerprint density at radius 2 is 1.81 bits per heavy atom. The van der Waals surface area contributed by atoms with Crippen LogP contribution >= 0.6 is 0 Å². The van der Waals surface area contributed by atoms with Gasteiger partial charge >= 0.3 is 0 Å². The molecular formula is C22H24FN3O4S. The predicted molar refractivity (Wildman–Crippen MR) is 114 cm³/mol. The predicted octanol–water partition coefficient (Wildman–Crippen LogP) is 2.36. The lowest BCUT2D eigenvalue weighted by Gasteiger charge is -2.40. The number of rotatable bonds is 4. The van der Waals surface area contributed by atoms with Crippen molar-refractivity contribution in [3.05, 3.63) is 53.8 Å². The third-order valence-electron chi connectivity index (χ3n) is 6.25. The number of hydrogen-bond donors (Lipinski definition) is 0. The van der Waals surface area contributed by atoms with E-state index in [1.54, 1.807) is 41.3 Å². The van der Waals surface area contributed by atoms with Crippen LogP contribution in [0.15, 0.2) is 47.4 Å². The lowest BCUT2D eigenvalue weighted by Crippen LogP contribution is -2.50. The van der Waals surface area contributed by atoms with Crippen LogP contribution in [0.25, 0.3) is 0 Å². The summed E-state index contributed by atoms with van der Waals surface area (Å²) in [7, 11) is -3.72. The molecule has 3 aliphatic rings. The first kappa shape index (κ1) is 20.4. The summed E-state index contributed by atoms with van der Waals surface area (Å²) in [4.78, 5) is 17.1. The first-order chi connectivity index (χ1) is 15.0. The van der Waals surface area contributed by atoms with E-state index in [0.29, 0.717) is 37.6 Å². The highest BCUT2D eigenvalue weighted by Gasteiger charge is 2.41. The van der Waals surface area contributed by atoms with E-state index in [9.17, 15) is 17.6 Å². The minimum Gasteiger partial charge on any atom is -0.379 e. The topological polar surface area (TPSA) is 70.2 Å². The molecule has 0 radical (unpaired) electrons. The van der Waals surface area contributed by atoms with Gasteiger partial charge in [0, 0.05) is 25.2 Å². The van der Waals surface area contributed by atoms with Crippen LogP contribution in [0.4, 0.5) is 15.8 Å². The largest absolute Gasteiger partial charge is 0.379 e. The lowest BCUT2D eigenvalue weighted by atomic mass is 10.1. The number of fused-ring (bicyclic) bond motifs is 3. The zero-order valence-corrected chi connectivity index (χ0v) is 17.9. The molecule has 2 aromatic rings. The number of morpholine rings is 1. The molecule has 31 heavy (non-hydrogen) atoms. The lowest BCUT2D eigenvalue weighted by molar-refractivity contribution is -0.120. The van der Waals surface area contributed by atoms with E-state index in [4.69, 9.17) is 4.74 Å². The Labute approximate surface area is 181 Å². The summed E-state index contributed by atoms with van der Waals surface area (Å²) in [5.41, 5.74) is 1.73. The molecule has 0 spiro atoms. The molecule has 0 bridgehead atoms. The van der Waals surface area contributed by atoms with Crippen LogP contribution in [-0.2, 0) is 26.1 Å². The molecule has 0 N–H and O–H groups in total. The van der Waals surface area contributed by atoms with Crippen LogP contribution in [0.3, 0.4) is 0 Å². The molecule has 3 aliphatic heterocycles. The van der Waals surface area contributed by atoms with Gasteiger partial charge in [-0.05, 0) is 37.1 Å². The van der Waals surface area contributed by atoms with Gasteiger partial charge in [-0.1, -0.05) is 18.2 Å². The SMILES string of the molecule is O=C1[C@@H]2CCCN2c2ccc(S(=O)(=O)N3CCOCC3)cc2N1Cc1ccccc1F. The number of nitrogens with zero attached hydrogens (tertiary/aromatic N) is 3. The molecule has 3 heterocycles. The van der Waals surface area contributed by atoms with Crippen LogP contribution in [0.1, 0.15) is 18.4 Å². The van der Waals surface area contributed by atoms with Crippen molar-refractivity contribution in [2.24, 2.45) is 0 Å². The average Bonchev–Trinajstić information content (AvgIpc) is 3.28. The number of benzene rings is 2. The number of ether oxygens (including phenoxy) is 1. The molecule has 0 saturated carbocycles. The average molecular weight is 446 g/mol. The fourth-order valence-corrected chi connectivity index (χ4v) is 6.06. The second-order valence-corrected chi connectivity index (χ2v) is 9.97. The third-order valence-corrected chi connectivity index (χ3v) is 8.14. The van der Waals surface area contributed by atoms with Gasteiger partial charge in [0.15, 0.2) is 0 Å². The molecule has 0 aliphatic carbocycles. The number of carbonyl (C=O) groups is 1. The summed E-state index contributed by atoms with van der Waals surface area (Å²) in [5.74, 6) is -0.503. The van der Waals surface area contributed by atoms with Crippen molar-refractivity contribution in [2.45, 2.75) is 30.3 Å². The molecule has 2 fully saturated rings. The Morgan fingerprint density at radius 3 is 2.58 bits per heavy atom. The van der Waals surface area contributed by atoms with Crippen molar-refractivity contribution in [3.8, 4) is 0 Å². The van der Waals surface area contributed by atoms with E-state index in [1.807, 2.05) is 4.90 Å². The molecule has 2 aromatic carbocycles. The molecule has 5 rings (SSSR count). The van der Waals surface area contributed by atoms with E-state index < -0.39 is 10.0 Å². The van der Waals surface area contributed by atoms with Crippen molar-refractivity contribution in [3.63, 3.8) is 0 Å². The van der Waals surface area contributed by atoms with Crippen LogP contribution in [0.2, 0.25) is 0 Å². The van der Waals surface area contributed by atoms with Crippen molar-refractivity contribution >= 4 is 27.3 Å². The van der Waals surface area contributed by atoms with E-state index in [-0.39, 0.29) is 29.2 Å². The monoisotopic (exact) mass is 445 g/mol. The van der Waals surface area contributed by atoms with E-state index in [2.05, 4.69) is 0 Å². The number of halogens is 1. The molecule has 1 amide bonds. The van der Waals surface area contributed by atoms with Gasteiger partial charge in [-0.15, -0.1) is 0 Å². The van der Waals surface area contributed by atoms with E-state index in [1.165, 1.54) is 10.4 Å².